The molecule has 0 aliphatic carbocycles. The van der Waals surface area contributed by atoms with E-state index in [1.54, 1.807) is 18.2 Å². The summed E-state index contributed by atoms with van der Waals surface area (Å²) < 4.78 is 6.23. The van der Waals surface area contributed by atoms with Crippen LogP contribution >= 0.6 is 43.6 Å². The Labute approximate surface area is 158 Å². The molecule has 1 fully saturated rings. The van der Waals surface area contributed by atoms with Gasteiger partial charge >= 0.3 is 5.97 Å². The number of amides is 2. The Morgan fingerprint density at radius 2 is 1.96 bits per heavy atom. The second-order valence-electron chi connectivity index (χ2n) is 4.58. The zero-order chi connectivity index (χ0) is 17.9. The fourth-order valence-corrected chi connectivity index (χ4v) is 4.17. The van der Waals surface area contributed by atoms with Gasteiger partial charge in [0.2, 0.25) is 0 Å². The van der Waals surface area contributed by atoms with Crippen molar-refractivity contribution in [2.24, 2.45) is 0 Å². The van der Waals surface area contributed by atoms with E-state index in [9.17, 15) is 14.4 Å². The summed E-state index contributed by atoms with van der Waals surface area (Å²) >= 11 is 7.46. The van der Waals surface area contributed by atoms with Crippen LogP contribution in [0.3, 0.4) is 0 Å². The van der Waals surface area contributed by atoms with Gasteiger partial charge in [-0.05, 0) is 67.4 Å². The lowest BCUT2D eigenvalue weighted by Crippen LogP contribution is -2.27. The Kier molecular flexibility index (Phi) is 6.25. The number of carbonyl (C=O) groups excluding carboxylic acids is 2. The van der Waals surface area contributed by atoms with Gasteiger partial charge in [0.1, 0.15) is 5.75 Å². The molecule has 1 aromatic rings. The monoisotopic (exact) mass is 475 g/mol. The zero-order valence-corrected chi connectivity index (χ0v) is 16.1. The van der Waals surface area contributed by atoms with Gasteiger partial charge in [0.15, 0.2) is 6.61 Å². The van der Waals surface area contributed by atoms with Gasteiger partial charge in [-0.25, -0.2) is 4.79 Å². The van der Waals surface area contributed by atoms with E-state index >= 15 is 0 Å². The van der Waals surface area contributed by atoms with Crippen LogP contribution in [0.2, 0.25) is 0 Å². The van der Waals surface area contributed by atoms with E-state index in [1.807, 2.05) is 0 Å². The van der Waals surface area contributed by atoms with Crippen LogP contribution in [0, 0.1) is 0 Å². The second kappa shape index (κ2) is 8.00. The third-order valence-corrected chi connectivity index (χ3v) is 4.93. The van der Waals surface area contributed by atoms with Gasteiger partial charge in [0, 0.05) is 6.54 Å². The second-order valence-corrected chi connectivity index (χ2v) is 7.28. The normalized spacial score (nSPS) is 15.9. The number of benzene rings is 1. The lowest BCUT2D eigenvalue weighted by atomic mass is 10.2. The number of nitrogens with zero attached hydrogens (tertiary/aromatic N) is 1. The lowest BCUT2D eigenvalue weighted by Gasteiger charge is -2.10. The van der Waals surface area contributed by atoms with E-state index in [-0.39, 0.29) is 17.7 Å². The van der Waals surface area contributed by atoms with E-state index in [4.69, 9.17) is 9.84 Å². The van der Waals surface area contributed by atoms with Crippen molar-refractivity contribution in [3.63, 3.8) is 0 Å². The molecule has 1 aromatic carbocycles. The number of carboxylic acids is 1. The standard InChI is InChI=1S/C15H11Br2NO5S/c1-2-3-18-14(21)11(24-15(18)22)6-8-4-9(16)13(10(17)5-8)23-7-12(19)20/h2,4-6H,1,3,7H2,(H,19,20)/b11-6+. The van der Waals surface area contributed by atoms with Crippen LogP contribution in [0.4, 0.5) is 4.79 Å². The summed E-state index contributed by atoms with van der Waals surface area (Å²) in [6.07, 6.45) is 3.07. The predicted octanol–water partition coefficient (Wildman–Crippen LogP) is 3.90. The number of aliphatic carboxylic acids is 1. The summed E-state index contributed by atoms with van der Waals surface area (Å²) in [7, 11) is 0. The van der Waals surface area contributed by atoms with Crippen molar-refractivity contribution in [2.75, 3.05) is 13.2 Å². The molecule has 0 saturated carbocycles. The number of rotatable bonds is 6. The molecule has 0 bridgehead atoms. The Bertz CT molecular complexity index is 739. The highest BCUT2D eigenvalue weighted by Crippen LogP contribution is 2.37. The molecule has 0 radical (unpaired) electrons. The fourth-order valence-electron chi connectivity index (χ4n) is 1.87. The van der Waals surface area contributed by atoms with E-state index in [1.165, 1.54) is 6.08 Å². The van der Waals surface area contributed by atoms with Gasteiger partial charge in [-0.15, -0.1) is 6.58 Å². The van der Waals surface area contributed by atoms with E-state index in [0.29, 0.717) is 25.2 Å². The lowest BCUT2D eigenvalue weighted by molar-refractivity contribution is -0.139. The molecule has 1 heterocycles. The molecule has 0 unspecified atom stereocenters. The van der Waals surface area contributed by atoms with Crippen LogP contribution in [0.15, 0.2) is 38.6 Å². The van der Waals surface area contributed by atoms with Gasteiger partial charge in [0.05, 0.1) is 13.9 Å². The molecule has 0 aromatic heterocycles. The smallest absolute Gasteiger partial charge is 0.341 e. The van der Waals surface area contributed by atoms with Crippen LogP contribution in [-0.2, 0) is 9.59 Å². The van der Waals surface area contributed by atoms with Crippen molar-refractivity contribution in [2.45, 2.75) is 0 Å². The van der Waals surface area contributed by atoms with Crippen molar-refractivity contribution < 1.29 is 24.2 Å². The number of halogens is 2. The molecule has 2 rings (SSSR count). The number of imide groups is 1. The van der Waals surface area contributed by atoms with E-state index < -0.39 is 12.6 Å². The third-order valence-electron chi connectivity index (χ3n) is 2.84. The summed E-state index contributed by atoms with van der Waals surface area (Å²) in [4.78, 5) is 36.0. The SMILES string of the molecule is C=CCN1C(=O)S/C(=C/c2cc(Br)c(OCC(=O)O)c(Br)c2)C1=O. The number of thioether (sulfide) groups is 1. The average molecular weight is 477 g/mol. The minimum atomic E-state index is -1.09. The maximum Gasteiger partial charge on any atom is 0.341 e. The predicted molar refractivity (Wildman–Crippen MR) is 97.8 cm³/mol. The molecule has 6 nitrogen and oxygen atoms in total. The first-order valence-electron chi connectivity index (χ1n) is 6.53. The van der Waals surface area contributed by atoms with E-state index in [0.717, 1.165) is 16.7 Å². The Morgan fingerprint density at radius 1 is 1.33 bits per heavy atom. The maximum absolute atomic E-state index is 12.2. The first-order valence-corrected chi connectivity index (χ1v) is 8.93. The highest BCUT2D eigenvalue weighted by Gasteiger charge is 2.34. The average Bonchev–Trinajstić information content (AvgIpc) is 2.74. The van der Waals surface area contributed by atoms with Crippen molar-refractivity contribution in [1.29, 1.82) is 0 Å². The van der Waals surface area contributed by atoms with Crippen molar-refractivity contribution in [1.82, 2.24) is 4.90 Å². The minimum absolute atomic E-state index is 0.164. The van der Waals surface area contributed by atoms with Crippen LogP contribution in [0.1, 0.15) is 5.56 Å². The Hall–Kier alpha value is -1.58. The molecule has 1 N–H and O–H groups in total. The molecule has 24 heavy (non-hydrogen) atoms. The maximum atomic E-state index is 12.2. The third kappa shape index (κ3) is 4.28. The van der Waals surface area contributed by atoms with Crippen molar-refractivity contribution in [3.8, 4) is 5.75 Å². The van der Waals surface area contributed by atoms with Gasteiger partial charge in [0.25, 0.3) is 11.1 Å². The van der Waals surface area contributed by atoms with Crippen LogP contribution in [0.25, 0.3) is 6.08 Å². The molecule has 2 amide bonds. The highest BCUT2D eigenvalue weighted by molar-refractivity contribution is 9.11. The molecule has 0 spiro atoms. The van der Waals surface area contributed by atoms with Crippen molar-refractivity contribution >= 4 is 66.8 Å². The summed E-state index contributed by atoms with van der Waals surface area (Å²) in [6, 6.07) is 3.34. The van der Waals surface area contributed by atoms with Crippen LogP contribution in [-0.4, -0.2) is 40.3 Å². The molecule has 126 valence electrons. The number of hydrogen-bond acceptors (Lipinski definition) is 5. The van der Waals surface area contributed by atoms with Crippen LogP contribution < -0.4 is 4.74 Å². The minimum Gasteiger partial charge on any atom is -0.480 e. The largest absolute Gasteiger partial charge is 0.480 e. The number of hydrogen-bond donors (Lipinski definition) is 1. The van der Waals surface area contributed by atoms with Gasteiger partial charge in [-0.3, -0.25) is 14.5 Å². The fraction of sp³-hybridized carbons (Fsp3) is 0.133. The summed E-state index contributed by atoms with van der Waals surface area (Å²) in [5.74, 6) is -1.12. The molecule has 0 atom stereocenters. The molecule has 9 heteroatoms. The van der Waals surface area contributed by atoms with E-state index in [2.05, 4.69) is 38.4 Å². The molecule has 1 aliphatic heterocycles. The Morgan fingerprint density at radius 3 is 2.50 bits per heavy atom. The summed E-state index contributed by atoms with van der Waals surface area (Å²) in [5, 5.41) is 8.33. The number of carboxylic acid groups (broad SMARTS) is 1. The first-order chi connectivity index (χ1) is 11.3. The van der Waals surface area contributed by atoms with Gasteiger partial charge in [-0.2, -0.15) is 0 Å². The van der Waals surface area contributed by atoms with Gasteiger partial charge in [-0.1, -0.05) is 6.08 Å². The van der Waals surface area contributed by atoms with Crippen molar-refractivity contribution in [3.05, 3.63) is 44.2 Å². The molecule has 1 saturated heterocycles. The Balaban J connectivity index is 2.27. The number of ether oxygens (including phenoxy) is 1. The quantitative estimate of drug-likeness (QED) is 0.495. The first kappa shape index (κ1) is 18.8. The molecule has 1 aliphatic rings. The topological polar surface area (TPSA) is 83.9 Å². The summed E-state index contributed by atoms with van der Waals surface area (Å²) in [6.45, 7) is 3.21. The van der Waals surface area contributed by atoms with Crippen LogP contribution in [0.5, 0.6) is 5.75 Å². The highest BCUT2D eigenvalue weighted by atomic mass is 79.9. The summed E-state index contributed by atoms with van der Waals surface area (Å²) in [5.41, 5.74) is 0.653. The van der Waals surface area contributed by atoms with Gasteiger partial charge < -0.3 is 9.84 Å². The molecular formula is C15H11Br2NO5S. The molecular weight excluding hydrogens is 466 g/mol. The zero-order valence-electron chi connectivity index (χ0n) is 12.1. The number of carbonyl (C=O) groups is 3.